The number of nitrogens with zero attached hydrogens (tertiary/aromatic N) is 3. The molecule has 1 saturated heterocycles. The second kappa shape index (κ2) is 10.0. The SMILES string of the molecule is O=S(=O)(c1ccc(Nc2ncc(C=Cc3cccc(O)c3)cn2)c(C(F)(F)F)c1)N1CCNCC1. The van der Waals surface area contributed by atoms with E-state index in [9.17, 15) is 26.7 Å². The van der Waals surface area contributed by atoms with Crippen molar-refractivity contribution in [1.29, 1.82) is 0 Å². The van der Waals surface area contributed by atoms with E-state index in [2.05, 4.69) is 20.6 Å². The Labute approximate surface area is 200 Å². The van der Waals surface area contributed by atoms with Crippen molar-refractivity contribution in [2.45, 2.75) is 11.1 Å². The molecule has 0 atom stereocenters. The van der Waals surface area contributed by atoms with Gasteiger partial charge in [0.05, 0.1) is 16.1 Å². The summed E-state index contributed by atoms with van der Waals surface area (Å²) in [6, 6.07) is 9.43. The van der Waals surface area contributed by atoms with E-state index >= 15 is 0 Å². The van der Waals surface area contributed by atoms with Crippen LogP contribution in [0.15, 0.2) is 59.8 Å². The average molecular weight is 506 g/mol. The van der Waals surface area contributed by atoms with Gasteiger partial charge in [-0.15, -0.1) is 0 Å². The zero-order valence-corrected chi connectivity index (χ0v) is 19.1. The number of rotatable bonds is 6. The number of hydrogen-bond acceptors (Lipinski definition) is 7. The Morgan fingerprint density at radius 3 is 2.34 bits per heavy atom. The lowest BCUT2D eigenvalue weighted by Gasteiger charge is -2.27. The number of nitrogens with one attached hydrogen (secondary N) is 2. The summed E-state index contributed by atoms with van der Waals surface area (Å²) in [5, 5.41) is 15.0. The van der Waals surface area contributed by atoms with Crippen molar-refractivity contribution in [1.82, 2.24) is 19.6 Å². The topological polar surface area (TPSA) is 107 Å². The van der Waals surface area contributed by atoms with Gasteiger partial charge in [0.25, 0.3) is 0 Å². The molecule has 0 radical (unpaired) electrons. The van der Waals surface area contributed by atoms with Crippen LogP contribution in [0.4, 0.5) is 24.8 Å². The highest BCUT2D eigenvalue weighted by Gasteiger charge is 2.36. The van der Waals surface area contributed by atoms with Crippen molar-refractivity contribution in [3.05, 3.63) is 71.5 Å². The molecular weight excluding hydrogens is 483 g/mol. The summed E-state index contributed by atoms with van der Waals surface area (Å²) in [7, 11) is -4.06. The molecule has 1 fully saturated rings. The van der Waals surface area contributed by atoms with Gasteiger partial charge in [-0.1, -0.05) is 24.3 Å². The van der Waals surface area contributed by atoms with Gasteiger partial charge >= 0.3 is 6.18 Å². The molecule has 35 heavy (non-hydrogen) atoms. The number of hydrogen-bond donors (Lipinski definition) is 3. The molecule has 1 aromatic heterocycles. The Balaban J connectivity index is 1.55. The molecule has 0 unspecified atom stereocenters. The van der Waals surface area contributed by atoms with Crippen LogP contribution in [0.3, 0.4) is 0 Å². The Kier molecular flexibility index (Phi) is 7.05. The van der Waals surface area contributed by atoms with Crippen LogP contribution in [0, 0.1) is 0 Å². The predicted octanol–water partition coefficient (Wildman–Crippen LogP) is 3.71. The molecule has 4 rings (SSSR count). The summed E-state index contributed by atoms with van der Waals surface area (Å²) in [6.07, 6.45) is 1.46. The molecule has 3 N–H and O–H groups in total. The number of aromatic nitrogens is 2. The minimum absolute atomic E-state index is 0.0808. The first-order chi connectivity index (χ1) is 16.6. The van der Waals surface area contributed by atoms with Crippen LogP contribution in [0.5, 0.6) is 5.75 Å². The molecule has 0 amide bonds. The first-order valence-corrected chi connectivity index (χ1v) is 12.1. The quantitative estimate of drug-likeness (QED) is 0.469. The fourth-order valence-corrected chi connectivity index (χ4v) is 4.96. The van der Waals surface area contributed by atoms with Gasteiger partial charge in [0, 0.05) is 44.1 Å². The average Bonchev–Trinajstić information content (AvgIpc) is 2.84. The van der Waals surface area contributed by atoms with Crippen molar-refractivity contribution < 1.29 is 26.7 Å². The zero-order valence-electron chi connectivity index (χ0n) is 18.3. The van der Waals surface area contributed by atoms with Gasteiger partial charge in [-0.05, 0) is 35.9 Å². The Bertz CT molecular complexity index is 1320. The van der Waals surface area contributed by atoms with E-state index in [-0.39, 0.29) is 30.5 Å². The van der Waals surface area contributed by atoms with Crippen LogP contribution < -0.4 is 10.6 Å². The minimum atomic E-state index is -4.80. The highest BCUT2D eigenvalue weighted by atomic mass is 32.2. The van der Waals surface area contributed by atoms with Gasteiger partial charge in [0.2, 0.25) is 16.0 Å². The van der Waals surface area contributed by atoms with E-state index in [0.717, 1.165) is 22.0 Å². The summed E-state index contributed by atoms with van der Waals surface area (Å²) < 4.78 is 68.2. The van der Waals surface area contributed by atoms with E-state index < -0.39 is 26.7 Å². The van der Waals surface area contributed by atoms with Gasteiger partial charge < -0.3 is 15.7 Å². The first kappa shape index (κ1) is 24.6. The van der Waals surface area contributed by atoms with Crippen molar-refractivity contribution in [2.24, 2.45) is 0 Å². The monoisotopic (exact) mass is 505 g/mol. The Hall–Kier alpha value is -3.48. The summed E-state index contributed by atoms with van der Waals surface area (Å²) in [5.74, 6) is 0.0397. The third kappa shape index (κ3) is 5.96. The molecular formula is C23H22F3N5O3S. The van der Waals surface area contributed by atoms with Crippen molar-refractivity contribution >= 4 is 33.8 Å². The predicted molar refractivity (Wildman–Crippen MR) is 125 cm³/mol. The number of piperazine rings is 1. The third-order valence-corrected chi connectivity index (χ3v) is 7.16. The molecule has 0 bridgehead atoms. The number of benzene rings is 2. The van der Waals surface area contributed by atoms with Gasteiger partial charge in [0.15, 0.2) is 0 Å². The van der Waals surface area contributed by atoms with E-state index in [4.69, 9.17) is 0 Å². The van der Waals surface area contributed by atoms with Crippen LogP contribution in [0.25, 0.3) is 12.2 Å². The number of phenolic OH excluding ortho intramolecular Hbond substituents is 1. The maximum absolute atomic E-state index is 13.8. The highest BCUT2D eigenvalue weighted by Crippen LogP contribution is 2.37. The third-order valence-electron chi connectivity index (χ3n) is 5.27. The molecule has 0 spiro atoms. The number of phenols is 1. The van der Waals surface area contributed by atoms with Crippen LogP contribution in [0.2, 0.25) is 0 Å². The van der Waals surface area contributed by atoms with Crippen LogP contribution >= 0.6 is 0 Å². The van der Waals surface area contributed by atoms with Gasteiger partial charge in [0.1, 0.15) is 5.75 Å². The van der Waals surface area contributed by atoms with E-state index in [1.807, 2.05) is 0 Å². The van der Waals surface area contributed by atoms with Gasteiger partial charge in [-0.2, -0.15) is 17.5 Å². The molecule has 3 aromatic rings. The molecule has 12 heteroatoms. The summed E-state index contributed by atoms with van der Waals surface area (Å²) in [5.41, 5.74) is -0.157. The summed E-state index contributed by atoms with van der Waals surface area (Å²) in [6.45, 7) is 1.23. The molecule has 0 saturated carbocycles. The number of sulfonamides is 1. The maximum atomic E-state index is 13.8. The molecule has 0 aliphatic carbocycles. The smallest absolute Gasteiger partial charge is 0.418 e. The zero-order chi connectivity index (χ0) is 25.1. The van der Waals surface area contributed by atoms with E-state index in [1.165, 1.54) is 12.4 Å². The summed E-state index contributed by atoms with van der Waals surface area (Å²) in [4.78, 5) is 7.67. The fourth-order valence-electron chi connectivity index (χ4n) is 3.49. The van der Waals surface area contributed by atoms with Gasteiger partial charge in [-0.3, -0.25) is 0 Å². The lowest BCUT2D eigenvalue weighted by Crippen LogP contribution is -2.46. The number of aromatic hydroxyl groups is 1. The second-order valence-electron chi connectivity index (χ2n) is 7.75. The number of halogens is 3. The van der Waals surface area contributed by atoms with Crippen molar-refractivity contribution in [3.63, 3.8) is 0 Å². The normalized spacial score (nSPS) is 15.4. The molecule has 2 aromatic carbocycles. The number of anilines is 2. The van der Waals surface area contributed by atoms with Crippen molar-refractivity contribution in [3.8, 4) is 5.75 Å². The standard InChI is InChI=1S/C23H22F3N5O3S/c24-23(25,26)20-13-19(35(33,34)31-10-8-27-9-11-31)6-7-21(20)30-22-28-14-17(15-29-22)5-4-16-2-1-3-18(32)12-16/h1-7,12-15,27,32H,8-11H2,(H,28,29,30). The van der Waals surface area contributed by atoms with E-state index in [0.29, 0.717) is 24.7 Å². The molecule has 8 nitrogen and oxygen atoms in total. The number of alkyl halides is 3. The minimum Gasteiger partial charge on any atom is -0.508 e. The molecule has 1 aliphatic heterocycles. The van der Waals surface area contributed by atoms with Crippen LogP contribution in [-0.4, -0.2) is 54.0 Å². The second-order valence-corrected chi connectivity index (χ2v) is 9.69. The van der Waals surface area contributed by atoms with E-state index in [1.54, 1.807) is 36.4 Å². The lowest BCUT2D eigenvalue weighted by molar-refractivity contribution is -0.137. The van der Waals surface area contributed by atoms with Crippen LogP contribution in [0.1, 0.15) is 16.7 Å². The molecule has 2 heterocycles. The highest BCUT2D eigenvalue weighted by molar-refractivity contribution is 7.89. The lowest BCUT2D eigenvalue weighted by atomic mass is 10.1. The molecule has 184 valence electrons. The Morgan fingerprint density at radius 2 is 1.69 bits per heavy atom. The fraction of sp³-hybridized carbons (Fsp3) is 0.217. The van der Waals surface area contributed by atoms with Crippen LogP contribution in [-0.2, 0) is 16.2 Å². The maximum Gasteiger partial charge on any atom is 0.418 e. The van der Waals surface area contributed by atoms with Gasteiger partial charge in [-0.25, -0.2) is 18.4 Å². The molecule has 1 aliphatic rings. The summed E-state index contributed by atoms with van der Waals surface area (Å²) >= 11 is 0. The van der Waals surface area contributed by atoms with Crippen molar-refractivity contribution in [2.75, 3.05) is 31.5 Å². The first-order valence-electron chi connectivity index (χ1n) is 10.6. The Morgan fingerprint density at radius 1 is 1.00 bits per heavy atom. The largest absolute Gasteiger partial charge is 0.508 e.